The molecule has 0 atom stereocenters. The molecule has 4 heteroatoms. The van der Waals surface area contributed by atoms with Crippen LogP contribution in [0.1, 0.15) is 27.9 Å². The van der Waals surface area contributed by atoms with Gasteiger partial charge in [0.1, 0.15) is 5.82 Å². The van der Waals surface area contributed by atoms with Gasteiger partial charge in [0, 0.05) is 23.7 Å². The van der Waals surface area contributed by atoms with Gasteiger partial charge in [-0.3, -0.25) is 4.79 Å². The van der Waals surface area contributed by atoms with Crippen LogP contribution in [-0.4, -0.2) is 17.4 Å². The summed E-state index contributed by atoms with van der Waals surface area (Å²) in [6.07, 6.45) is 4.02. The Morgan fingerprint density at radius 3 is 2.65 bits per heavy atom. The quantitative estimate of drug-likeness (QED) is 0.649. The largest absolute Gasteiger partial charge is 0.356 e. The molecular formula is C22H23FN2O. The lowest BCUT2D eigenvalue weighted by Crippen LogP contribution is -2.23. The Morgan fingerprint density at radius 1 is 1.12 bits per heavy atom. The number of aromatic nitrogens is 1. The number of carbonyl (C=O) groups is 1. The molecule has 1 heterocycles. The first-order chi connectivity index (χ1) is 12.5. The molecule has 0 aliphatic rings. The second-order valence-corrected chi connectivity index (χ2v) is 6.57. The lowest BCUT2D eigenvalue weighted by atomic mass is 10.0. The van der Waals surface area contributed by atoms with Crippen LogP contribution in [0.25, 0.3) is 17.0 Å². The van der Waals surface area contributed by atoms with E-state index in [4.69, 9.17) is 0 Å². The average molecular weight is 350 g/mol. The molecule has 1 aromatic heterocycles. The second kappa shape index (κ2) is 7.56. The van der Waals surface area contributed by atoms with Gasteiger partial charge in [0.05, 0.1) is 5.52 Å². The number of fused-ring (bicyclic) bond motifs is 1. The Kier molecular flexibility index (Phi) is 5.21. The Bertz CT molecular complexity index is 985. The first kappa shape index (κ1) is 17.9. The Balaban J connectivity index is 1.66. The zero-order valence-corrected chi connectivity index (χ0v) is 15.3. The van der Waals surface area contributed by atoms with Crippen molar-refractivity contribution in [3.05, 3.63) is 76.2 Å². The van der Waals surface area contributed by atoms with Crippen molar-refractivity contribution in [3.63, 3.8) is 0 Å². The number of nitrogens with one attached hydrogen (secondary N) is 2. The van der Waals surface area contributed by atoms with E-state index >= 15 is 0 Å². The third-order valence-electron chi connectivity index (χ3n) is 4.71. The molecule has 0 aliphatic carbocycles. The number of H-pyrrole nitrogens is 1. The summed E-state index contributed by atoms with van der Waals surface area (Å²) in [5.74, 6) is -0.376. The van der Waals surface area contributed by atoms with Gasteiger partial charge in [-0.15, -0.1) is 0 Å². The van der Waals surface area contributed by atoms with Crippen molar-refractivity contribution < 1.29 is 9.18 Å². The third-order valence-corrected chi connectivity index (χ3v) is 4.71. The molecule has 0 spiro atoms. The topological polar surface area (TPSA) is 44.9 Å². The van der Waals surface area contributed by atoms with E-state index in [9.17, 15) is 9.18 Å². The molecule has 2 aromatic carbocycles. The molecule has 3 aromatic rings. The number of aromatic amines is 1. The fourth-order valence-electron chi connectivity index (χ4n) is 3.26. The SMILES string of the molecule is Cc1ccccc1C=CC(=O)NCCc1c(C)[nH]c2c(F)ccc(C)c12. The van der Waals surface area contributed by atoms with Crippen LogP contribution in [0.5, 0.6) is 0 Å². The predicted molar refractivity (Wildman–Crippen MR) is 105 cm³/mol. The van der Waals surface area contributed by atoms with E-state index < -0.39 is 0 Å². The first-order valence-corrected chi connectivity index (χ1v) is 8.75. The summed E-state index contributed by atoms with van der Waals surface area (Å²) < 4.78 is 14.0. The van der Waals surface area contributed by atoms with Crippen molar-refractivity contribution >= 4 is 22.9 Å². The summed E-state index contributed by atoms with van der Waals surface area (Å²) >= 11 is 0. The van der Waals surface area contributed by atoms with Gasteiger partial charge in [-0.25, -0.2) is 4.39 Å². The van der Waals surface area contributed by atoms with Crippen LogP contribution >= 0.6 is 0 Å². The smallest absolute Gasteiger partial charge is 0.244 e. The number of hydrogen-bond acceptors (Lipinski definition) is 1. The number of carbonyl (C=O) groups excluding carboxylic acids is 1. The fraction of sp³-hybridized carbons (Fsp3) is 0.227. The highest BCUT2D eigenvalue weighted by Gasteiger charge is 2.13. The van der Waals surface area contributed by atoms with Gasteiger partial charge in [-0.2, -0.15) is 0 Å². The average Bonchev–Trinajstić information content (AvgIpc) is 2.95. The lowest BCUT2D eigenvalue weighted by Gasteiger charge is -2.05. The minimum Gasteiger partial charge on any atom is -0.356 e. The van der Waals surface area contributed by atoms with E-state index in [1.54, 1.807) is 12.1 Å². The van der Waals surface area contributed by atoms with E-state index in [0.717, 1.165) is 33.3 Å². The van der Waals surface area contributed by atoms with E-state index in [1.165, 1.54) is 6.07 Å². The van der Waals surface area contributed by atoms with Crippen LogP contribution in [-0.2, 0) is 11.2 Å². The molecule has 0 aliphatic heterocycles. The number of amides is 1. The number of rotatable bonds is 5. The normalized spacial score (nSPS) is 11.4. The molecule has 2 N–H and O–H groups in total. The molecule has 0 fully saturated rings. The molecule has 0 saturated heterocycles. The van der Waals surface area contributed by atoms with Crippen LogP contribution in [0, 0.1) is 26.6 Å². The summed E-state index contributed by atoms with van der Waals surface area (Å²) in [5, 5.41) is 3.83. The predicted octanol–water partition coefficient (Wildman–Crippen LogP) is 4.60. The highest BCUT2D eigenvalue weighted by atomic mass is 19.1. The van der Waals surface area contributed by atoms with Crippen LogP contribution in [0.15, 0.2) is 42.5 Å². The Morgan fingerprint density at radius 2 is 1.88 bits per heavy atom. The Hall–Kier alpha value is -2.88. The summed E-state index contributed by atoms with van der Waals surface area (Å²) in [6, 6.07) is 11.2. The molecule has 0 saturated carbocycles. The lowest BCUT2D eigenvalue weighted by molar-refractivity contribution is -0.116. The minimum atomic E-state index is -0.245. The fourth-order valence-corrected chi connectivity index (χ4v) is 3.26. The highest BCUT2D eigenvalue weighted by Crippen LogP contribution is 2.27. The van der Waals surface area contributed by atoms with Gasteiger partial charge < -0.3 is 10.3 Å². The monoisotopic (exact) mass is 350 g/mol. The molecule has 0 radical (unpaired) electrons. The molecule has 0 unspecified atom stereocenters. The minimum absolute atomic E-state index is 0.131. The van der Waals surface area contributed by atoms with Gasteiger partial charge in [-0.05, 0) is 61.6 Å². The van der Waals surface area contributed by atoms with Crippen molar-refractivity contribution in [3.8, 4) is 0 Å². The van der Waals surface area contributed by atoms with Crippen molar-refractivity contribution in [1.82, 2.24) is 10.3 Å². The first-order valence-electron chi connectivity index (χ1n) is 8.75. The maximum absolute atomic E-state index is 14.0. The van der Waals surface area contributed by atoms with Gasteiger partial charge in [-0.1, -0.05) is 30.3 Å². The van der Waals surface area contributed by atoms with Crippen LogP contribution in [0.2, 0.25) is 0 Å². The molecule has 3 nitrogen and oxygen atoms in total. The van der Waals surface area contributed by atoms with Crippen molar-refractivity contribution in [2.75, 3.05) is 6.54 Å². The van der Waals surface area contributed by atoms with Gasteiger partial charge in [0.2, 0.25) is 5.91 Å². The van der Waals surface area contributed by atoms with Crippen LogP contribution in [0.4, 0.5) is 4.39 Å². The van der Waals surface area contributed by atoms with Crippen molar-refractivity contribution in [1.29, 1.82) is 0 Å². The molecule has 134 valence electrons. The second-order valence-electron chi connectivity index (χ2n) is 6.57. The number of hydrogen-bond donors (Lipinski definition) is 2. The zero-order chi connectivity index (χ0) is 18.7. The maximum Gasteiger partial charge on any atom is 0.244 e. The molecule has 26 heavy (non-hydrogen) atoms. The van der Waals surface area contributed by atoms with E-state index in [0.29, 0.717) is 18.5 Å². The number of benzene rings is 2. The van der Waals surface area contributed by atoms with Crippen molar-refractivity contribution in [2.45, 2.75) is 27.2 Å². The molecule has 3 rings (SSSR count). The summed E-state index contributed by atoms with van der Waals surface area (Å²) in [7, 11) is 0. The highest BCUT2D eigenvalue weighted by molar-refractivity contribution is 5.92. The number of halogens is 1. The number of aryl methyl sites for hydroxylation is 3. The molecule has 0 bridgehead atoms. The zero-order valence-electron chi connectivity index (χ0n) is 15.3. The van der Waals surface area contributed by atoms with E-state index in [-0.39, 0.29) is 11.7 Å². The van der Waals surface area contributed by atoms with Crippen molar-refractivity contribution in [2.24, 2.45) is 0 Å². The van der Waals surface area contributed by atoms with Gasteiger partial charge >= 0.3 is 0 Å². The molecular weight excluding hydrogens is 327 g/mol. The van der Waals surface area contributed by atoms with Crippen LogP contribution in [0.3, 0.4) is 0 Å². The van der Waals surface area contributed by atoms with Gasteiger partial charge in [0.25, 0.3) is 0 Å². The molecule has 1 amide bonds. The summed E-state index contributed by atoms with van der Waals surface area (Å²) in [5.41, 5.74) is 5.73. The van der Waals surface area contributed by atoms with Gasteiger partial charge in [0.15, 0.2) is 0 Å². The standard InChI is InChI=1S/C22H23FN2O/c1-14-6-4-5-7-17(14)9-11-20(26)24-13-12-18-16(3)25-22-19(23)10-8-15(2)21(18)22/h4-11,25H,12-13H2,1-3H3,(H,24,26). The maximum atomic E-state index is 14.0. The van der Waals surface area contributed by atoms with E-state index in [1.807, 2.05) is 51.1 Å². The van der Waals surface area contributed by atoms with Crippen LogP contribution < -0.4 is 5.32 Å². The third kappa shape index (κ3) is 3.69. The summed E-state index contributed by atoms with van der Waals surface area (Å²) in [6.45, 7) is 6.43. The Labute approximate surface area is 152 Å². The van der Waals surface area contributed by atoms with E-state index in [2.05, 4.69) is 10.3 Å². The summed E-state index contributed by atoms with van der Waals surface area (Å²) in [4.78, 5) is 15.2.